The van der Waals surface area contributed by atoms with Gasteiger partial charge in [0.15, 0.2) is 0 Å². The van der Waals surface area contributed by atoms with Crippen LogP contribution >= 0.6 is 0 Å². The molecule has 110 valence electrons. The zero-order chi connectivity index (χ0) is 14.1. The van der Waals surface area contributed by atoms with Crippen LogP contribution in [0, 0.1) is 5.92 Å². The van der Waals surface area contributed by atoms with Crippen LogP contribution in [0.5, 0.6) is 0 Å². The van der Waals surface area contributed by atoms with Gasteiger partial charge in [0.2, 0.25) is 5.91 Å². The van der Waals surface area contributed by atoms with Crippen molar-refractivity contribution in [2.75, 3.05) is 34.0 Å². The van der Waals surface area contributed by atoms with Gasteiger partial charge in [0.25, 0.3) is 0 Å². The molecule has 0 aliphatic heterocycles. The number of amides is 1. The SMILES string of the molecule is COCCOCC(=O)NC1CCC(C(=O)OC)CC1. The molecule has 0 atom stereocenters. The van der Waals surface area contributed by atoms with Gasteiger partial charge in [0, 0.05) is 13.2 Å². The van der Waals surface area contributed by atoms with Crippen LogP contribution in [0.15, 0.2) is 0 Å². The molecule has 0 unspecified atom stereocenters. The molecule has 1 aliphatic rings. The van der Waals surface area contributed by atoms with Crippen LogP contribution in [0.1, 0.15) is 25.7 Å². The number of hydrogen-bond acceptors (Lipinski definition) is 5. The van der Waals surface area contributed by atoms with Gasteiger partial charge in [-0.3, -0.25) is 9.59 Å². The quantitative estimate of drug-likeness (QED) is 0.540. The van der Waals surface area contributed by atoms with Crippen molar-refractivity contribution in [2.24, 2.45) is 5.92 Å². The van der Waals surface area contributed by atoms with E-state index in [-0.39, 0.29) is 30.4 Å². The Labute approximate surface area is 113 Å². The summed E-state index contributed by atoms with van der Waals surface area (Å²) in [6.45, 7) is 0.955. The predicted molar refractivity (Wildman–Crippen MR) is 68.6 cm³/mol. The van der Waals surface area contributed by atoms with Crippen LogP contribution in [0.3, 0.4) is 0 Å². The van der Waals surface area contributed by atoms with E-state index in [1.54, 1.807) is 7.11 Å². The number of nitrogens with one attached hydrogen (secondary N) is 1. The Morgan fingerprint density at radius 2 is 1.79 bits per heavy atom. The van der Waals surface area contributed by atoms with Gasteiger partial charge in [-0.05, 0) is 25.7 Å². The molecule has 1 N–H and O–H groups in total. The highest BCUT2D eigenvalue weighted by molar-refractivity contribution is 5.77. The summed E-state index contributed by atoms with van der Waals surface area (Å²) in [5.41, 5.74) is 0. The third-order valence-corrected chi connectivity index (χ3v) is 3.29. The van der Waals surface area contributed by atoms with Gasteiger partial charge in [-0.15, -0.1) is 0 Å². The lowest BCUT2D eigenvalue weighted by Gasteiger charge is -2.27. The van der Waals surface area contributed by atoms with E-state index in [1.807, 2.05) is 0 Å². The van der Waals surface area contributed by atoms with E-state index >= 15 is 0 Å². The van der Waals surface area contributed by atoms with Crippen molar-refractivity contribution in [3.05, 3.63) is 0 Å². The molecule has 1 saturated carbocycles. The Morgan fingerprint density at radius 3 is 2.37 bits per heavy atom. The maximum absolute atomic E-state index is 11.6. The van der Waals surface area contributed by atoms with E-state index in [0.717, 1.165) is 25.7 Å². The van der Waals surface area contributed by atoms with E-state index in [2.05, 4.69) is 5.32 Å². The number of methoxy groups -OCH3 is 2. The summed E-state index contributed by atoms with van der Waals surface area (Å²) < 4.78 is 14.7. The number of esters is 1. The molecular formula is C13H23NO5. The Kier molecular flexibility index (Phi) is 7.43. The smallest absolute Gasteiger partial charge is 0.308 e. The van der Waals surface area contributed by atoms with Gasteiger partial charge in [0.1, 0.15) is 6.61 Å². The average molecular weight is 273 g/mol. The van der Waals surface area contributed by atoms with E-state index in [4.69, 9.17) is 14.2 Å². The highest BCUT2D eigenvalue weighted by Gasteiger charge is 2.27. The fraction of sp³-hybridized carbons (Fsp3) is 0.846. The number of carbonyl (C=O) groups is 2. The molecule has 6 heteroatoms. The largest absolute Gasteiger partial charge is 0.469 e. The molecular weight excluding hydrogens is 250 g/mol. The van der Waals surface area contributed by atoms with E-state index < -0.39 is 0 Å². The summed E-state index contributed by atoms with van der Waals surface area (Å²) in [4.78, 5) is 22.9. The molecule has 1 fully saturated rings. The van der Waals surface area contributed by atoms with Crippen LogP contribution in [-0.2, 0) is 23.8 Å². The molecule has 0 aromatic carbocycles. The second-order valence-corrected chi connectivity index (χ2v) is 4.68. The molecule has 0 aromatic heterocycles. The lowest BCUT2D eigenvalue weighted by molar-refractivity contribution is -0.146. The van der Waals surface area contributed by atoms with E-state index in [0.29, 0.717) is 13.2 Å². The minimum absolute atomic E-state index is 0.0175. The first-order chi connectivity index (χ1) is 9.17. The summed E-state index contributed by atoms with van der Waals surface area (Å²) in [7, 11) is 3.00. The van der Waals surface area contributed by atoms with Crippen LogP contribution in [0.25, 0.3) is 0 Å². The molecule has 0 spiro atoms. The van der Waals surface area contributed by atoms with Gasteiger partial charge in [0.05, 0.1) is 26.2 Å². The first kappa shape index (κ1) is 15.9. The number of hydrogen-bond donors (Lipinski definition) is 1. The number of ether oxygens (including phenoxy) is 3. The van der Waals surface area contributed by atoms with E-state index in [9.17, 15) is 9.59 Å². The second kappa shape index (κ2) is 8.87. The average Bonchev–Trinajstić information content (AvgIpc) is 2.43. The normalized spacial score (nSPS) is 22.8. The molecule has 0 heterocycles. The van der Waals surface area contributed by atoms with Crippen LogP contribution in [0.2, 0.25) is 0 Å². The summed E-state index contributed by atoms with van der Waals surface area (Å²) in [6.07, 6.45) is 3.15. The van der Waals surface area contributed by atoms with Crippen LogP contribution in [0.4, 0.5) is 0 Å². The van der Waals surface area contributed by atoms with Crippen molar-refractivity contribution in [3.63, 3.8) is 0 Å². The number of carbonyl (C=O) groups excluding carboxylic acids is 2. The first-order valence-electron chi connectivity index (χ1n) is 6.61. The maximum Gasteiger partial charge on any atom is 0.308 e. The predicted octanol–water partition coefficient (Wildman–Crippen LogP) is 0.497. The fourth-order valence-corrected chi connectivity index (χ4v) is 2.22. The van der Waals surface area contributed by atoms with Crippen LogP contribution in [-0.4, -0.2) is 52.0 Å². The summed E-state index contributed by atoms with van der Waals surface area (Å²) in [5, 5.41) is 2.92. The monoisotopic (exact) mass is 273 g/mol. The second-order valence-electron chi connectivity index (χ2n) is 4.68. The molecule has 19 heavy (non-hydrogen) atoms. The standard InChI is InChI=1S/C13H23NO5/c1-17-7-8-19-9-12(15)14-11-5-3-10(4-6-11)13(16)18-2/h10-11H,3-9H2,1-2H3,(H,14,15). The Balaban J connectivity index is 2.14. The first-order valence-corrected chi connectivity index (χ1v) is 6.61. The molecule has 1 aliphatic carbocycles. The molecule has 0 aromatic rings. The van der Waals surface area contributed by atoms with Crippen LogP contribution < -0.4 is 5.32 Å². The van der Waals surface area contributed by atoms with Gasteiger partial charge in [-0.1, -0.05) is 0 Å². The topological polar surface area (TPSA) is 73.9 Å². The van der Waals surface area contributed by atoms with Crippen molar-refractivity contribution >= 4 is 11.9 Å². The Morgan fingerprint density at radius 1 is 1.11 bits per heavy atom. The molecule has 6 nitrogen and oxygen atoms in total. The van der Waals surface area contributed by atoms with E-state index in [1.165, 1.54) is 7.11 Å². The highest BCUT2D eigenvalue weighted by Crippen LogP contribution is 2.25. The zero-order valence-corrected chi connectivity index (χ0v) is 11.6. The third kappa shape index (κ3) is 6.02. The lowest BCUT2D eigenvalue weighted by atomic mass is 9.86. The Bertz CT molecular complexity index is 287. The minimum atomic E-state index is -0.146. The van der Waals surface area contributed by atoms with Gasteiger partial charge < -0.3 is 19.5 Å². The molecule has 1 amide bonds. The maximum atomic E-state index is 11.6. The van der Waals surface area contributed by atoms with Crippen molar-refractivity contribution in [1.29, 1.82) is 0 Å². The molecule has 0 radical (unpaired) electrons. The fourth-order valence-electron chi connectivity index (χ4n) is 2.22. The van der Waals surface area contributed by atoms with Crippen molar-refractivity contribution < 1.29 is 23.8 Å². The summed E-state index contributed by atoms with van der Waals surface area (Å²) >= 11 is 0. The Hall–Kier alpha value is -1.14. The zero-order valence-electron chi connectivity index (χ0n) is 11.6. The van der Waals surface area contributed by atoms with Gasteiger partial charge in [-0.25, -0.2) is 0 Å². The third-order valence-electron chi connectivity index (χ3n) is 3.29. The van der Waals surface area contributed by atoms with Gasteiger partial charge >= 0.3 is 5.97 Å². The lowest BCUT2D eigenvalue weighted by Crippen LogP contribution is -2.40. The molecule has 0 saturated heterocycles. The number of rotatable bonds is 7. The minimum Gasteiger partial charge on any atom is -0.469 e. The van der Waals surface area contributed by atoms with Gasteiger partial charge in [-0.2, -0.15) is 0 Å². The highest BCUT2D eigenvalue weighted by atomic mass is 16.5. The molecule has 0 bridgehead atoms. The molecule has 1 rings (SSSR count). The van der Waals surface area contributed by atoms with Crippen molar-refractivity contribution in [1.82, 2.24) is 5.32 Å². The van der Waals surface area contributed by atoms with Crippen molar-refractivity contribution in [2.45, 2.75) is 31.7 Å². The summed E-state index contributed by atoms with van der Waals surface area (Å²) in [6, 6.07) is 0.138. The summed E-state index contributed by atoms with van der Waals surface area (Å²) in [5.74, 6) is -0.276. The van der Waals surface area contributed by atoms with Crippen molar-refractivity contribution in [3.8, 4) is 0 Å².